The quantitative estimate of drug-likeness (QED) is 0.842. The van der Waals surface area contributed by atoms with E-state index in [-0.39, 0.29) is 24.3 Å². The van der Waals surface area contributed by atoms with Gasteiger partial charge in [0.2, 0.25) is 11.8 Å². The second-order valence-corrected chi connectivity index (χ2v) is 6.64. The van der Waals surface area contributed by atoms with Crippen molar-refractivity contribution < 1.29 is 9.59 Å². The van der Waals surface area contributed by atoms with Gasteiger partial charge >= 0.3 is 0 Å². The van der Waals surface area contributed by atoms with E-state index in [1.807, 2.05) is 49.4 Å². The first kappa shape index (κ1) is 17.1. The Morgan fingerprint density at radius 2 is 2.04 bits per heavy atom. The highest BCUT2D eigenvalue weighted by Gasteiger charge is 2.32. The maximum absolute atomic E-state index is 12.5. The lowest BCUT2D eigenvalue weighted by Crippen LogP contribution is -2.38. The number of carbonyl (C=O) groups is 2. The molecule has 0 spiro atoms. The van der Waals surface area contributed by atoms with Gasteiger partial charge in [-0.15, -0.1) is 0 Å². The van der Waals surface area contributed by atoms with Gasteiger partial charge < -0.3 is 9.80 Å². The van der Waals surface area contributed by atoms with Crippen LogP contribution < -0.4 is 0 Å². The smallest absolute Gasteiger partial charge is 0.242 e. The summed E-state index contributed by atoms with van der Waals surface area (Å²) in [4.78, 5) is 32.3. The molecular weight excluding hydrogens is 314 g/mol. The van der Waals surface area contributed by atoms with Gasteiger partial charge in [-0.05, 0) is 30.2 Å². The van der Waals surface area contributed by atoms with Crippen LogP contribution >= 0.6 is 0 Å². The van der Waals surface area contributed by atoms with Crippen LogP contribution in [0.2, 0.25) is 0 Å². The minimum absolute atomic E-state index is 0.0449. The Labute approximate surface area is 148 Å². The number of aromatic nitrogens is 1. The highest BCUT2D eigenvalue weighted by molar-refractivity contribution is 5.86. The predicted octanol–water partition coefficient (Wildman–Crippen LogP) is 2.36. The summed E-state index contributed by atoms with van der Waals surface area (Å²) >= 11 is 0. The zero-order valence-corrected chi connectivity index (χ0v) is 14.7. The van der Waals surface area contributed by atoms with Crippen molar-refractivity contribution in [3.05, 3.63) is 65.5 Å². The Kier molecular flexibility index (Phi) is 5.12. The number of benzene rings is 1. The summed E-state index contributed by atoms with van der Waals surface area (Å²) in [5, 5.41) is 0. The summed E-state index contributed by atoms with van der Waals surface area (Å²) in [6, 6.07) is 13.9. The molecule has 1 aliphatic rings. The fourth-order valence-corrected chi connectivity index (χ4v) is 3.22. The number of carbonyl (C=O) groups excluding carboxylic acids is 2. The number of amides is 2. The van der Waals surface area contributed by atoms with Gasteiger partial charge in [-0.3, -0.25) is 14.6 Å². The summed E-state index contributed by atoms with van der Waals surface area (Å²) in [5.41, 5.74) is 3.13. The standard InChI is InChI=1S/C20H23N3O2/c1-15-10-16(8-9-21-15)12-22(2)20(25)14-23-13-18(11-19(23)24)17-6-4-3-5-7-17/h3-10,18H,11-14H2,1-2H3. The molecule has 3 rings (SSSR count). The molecule has 2 heterocycles. The van der Waals surface area contributed by atoms with Gasteiger partial charge in [0.05, 0.1) is 6.54 Å². The van der Waals surface area contributed by atoms with Crippen LogP contribution in [0.15, 0.2) is 48.7 Å². The van der Waals surface area contributed by atoms with Crippen molar-refractivity contribution in [3.8, 4) is 0 Å². The SMILES string of the molecule is Cc1cc(CN(C)C(=O)CN2CC(c3ccccc3)CC2=O)ccn1. The van der Waals surface area contributed by atoms with Crippen LogP contribution in [-0.4, -0.2) is 46.7 Å². The molecule has 1 aromatic carbocycles. The number of rotatable bonds is 5. The number of hydrogen-bond donors (Lipinski definition) is 0. The highest BCUT2D eigenvalue weighted by Crippen LogP contribution is 2.27. The molecule has 0 N–H and O–H groups in total. The van der Waals surface area contributed by atoms with Crippen LogP contribution in [-0.2, 0) is 16.1 Å². The number of pyridine rings is 1. The van der Waals surface area contributed by atoms with Crippen molar-refractivity contribution in [1.82, 2.24) is 14.8 Å². The molecule has 2 amide bonds. The second kappa shape index (κ2) is 7.47. The fourth-order valence-electron chi connectivity index (χ4n) is 3.22. The molecule has 2 aromatic rings. The number of hydrogen-bond acceptors (Lipinski definition) is 3. The minimum atomic E-state index is -0.0449. The monoisotopic (exact) mass is 337 g/mol. The van der Waals surface area contributed by atoms with Gasteiger partial charge in [-0.25, -0.2) is 0 Å². The fraction of sp³-hybridized carbons (Fsp3) is 0.350. The number of likely N-dealkylation sites (N-methyl/N-ethyl adjacent to an activating group) is 1. The molecule has 1 saturated heterocycles. The van der Waals surface area contributed by atoms with Crippen LogP contribution in [0, 0.1) is 6.92 Å². The van der Waals surface area contributed by atoms with Crippen LogP contribution in [0.5, 0.6) is 0 Å². The first-order chi connectivity index (χ1) is 12.0. The van der Waals surface area contributed by atoms with Gasteiger partial charge in [-0.1, -0.05) is 30.3 Å². The molecule has 1 atom stereocenters. The van der Waals surface area contributed by atoms with E-state index in [1.165, 1.54) is 0 Å². The van der Waals surface area contributed by atoms with E-state index in [0.717, 1.165) is 16.8 Å². The van der Waals surface area contributed by atoms with Gasteiger partial charge in [0.25, 0.3) is 0 Å². The highest BCUT2D eigenvalue weighted by atomic mass is 16.2. The van der Waals surface area contributed by atoms with Gasteiger partial charge in [0.15, 0.2) is 0 Å². The van der Waals surface area contributed by atoms with Crippen molar-refractivity contribution in [2.45, 2.75) is 25.8 Å². The summed E-state index contributed by atoms with van der Waals surface area (Å²) in [7, 11) is 1.77. The maximum Gasteiger partial charge on any atom is 0.242 e. The lowest BCUT2D eigenvalue weighted by atomic mass is 9.99. The average Bonchev–Trinajstić information content (AvgIpc) is 2.96. The van der Waals surface area contributed by atoms with Crippen molar-refractivity contribution in [2.75, 3.05) is 20.1 Å². The number of aryl methyl sites for hydroxylation is 1. The van der Waals surface area contributed by atoms with Crippen molar-refractivity contribution >= 4 is 11.8 Å². The van der Waals surface area contributed by atoms with Gasteiger partial charge in [0, 0.05) is 44.4 Å². The lowest BCUT2D eigenvalue weighted by Gasteiger charge is -2.22. The van der Waals surface area contributed by atoms with E-state index in [4.69, 9.17) is 0 Å². The molecule has 1 unspecified atom stereocenters. The predicted molar refractivity (Wildman–Crippen MR) is 95.8 cm³/mol. The molecule has 0 saturated carbocycles. The molecule has 1 aliphatic heterocycles. The van der Waals surface area contributed by atoms with E-state index >= 15 is 0 Å². The number of likely N-dealkylation sites (tertiary alicyclic amines) is 1. The molecule has 0 aliphatic carbocycles. The van der Waals surface area contributed by atoms with E-state index in [1.54, 1.807) is 23.0 Å². The zero-order valence-electron chi connectivity index (χ0n) is 14.7. The van der Waals surface area contributed by atoms with E-state index in [0.29, 0.717) is 19.5 Å². The third-order valence-electron chi connectivity index (χ3n) is 4.62. The van der Waals surface area contributed by atoms with Crippen LogP contribution in [0.1, 0.15) is 29.2 Å². The van der Waals surface area contributed by atoms with Crippen LogP contribution in [0.25, 0.3) is 0 Å². The molecule has 5 heteroatoms. The molecule has 1 aromatic heterocycles. The van der Waals surface area contributed by atoms with Gasteiger partial charge in [0.1, 0.15) is 0 Å². The summed E-state index contributed by atoms with van der Waals surface area (Å²) in [6.07, 6.45) is 2.22. The molecule has 5 nitrogen and oxygen atoms in total. The number of nitrogens with zero attached hydrogens (tertiary/aromatic N) is 3. The Balaban J connectivity index is 1.58. The summed E-state index contributed by atoms with van der Waals surface area (Å²) < 4.78 is 0. The van der Waals surface area contributed by atoms with Gasteiger partial charge in [-0.2, -0.15) is 0 Å². The normalized spacial score (nSPS) is 17.0. The molecule has 1 fully saturated rings. The summed E-state index contributed by atoms with van der Waals surface area (Å²) in [5.74, 6) is 0.182. The molecule has 25 heavy (non-hydrogen) atoms. The Hall–Kier alpha value is -2.69. The van der Waals surface area contributed by atoms with E-state index in [2.05, 4.69) is 4.98 Å². The Bertz CT molecular complexity index is 761. The Morgan fingerprint density at radius 1 is 1.28 bits per heavy atom. The topological polar surface area (TPSA) is 53.5 Å². The van der Waals surface area contributed by atoms with E-state index < -0.39 is 0 Å². The Morgan fingerprint density at radius 3 is 2.76 bits per heavy atom. The van der Waals surface area contributed by atoms with Crippen molar-refractivity contribution in [1.29, 1.82) is 0 Å². The molecular formula is C20H23N3O2. The van der Waals surface area contributed by atoms with Crippen LogP contribution in [0.4, 0.5) is 0 Å². The third kappa shape index (κ3) is 4.24. The van der Waals surface area contributed by atoms with Crippen molar-refractivity contribution in [3.63, 3.8) is 0 Å². The maximum atomic E-state index is 12.5. The largest absolute Gasteiger partial charge is 0.340 e. The third-order valence-corrected chi connectivity index (χ3v) is 4.62. The van der Waals surface area contributed by atoms with E-state index in [9.17, 15) is 9.59 Å². The first-order valence-electron chi connectivity index (χ1n) is 8.51. The van der Waals surface area contributed by atoms with Crippen molar-refractivity contribution in [2.24, 2.45) is 0 Å². The lowest BCUT2D eigenvalue weighted by molar-refractivity contribution is -0.137. The molecule has 0 bridgehead atoms. The molecule has 0 radical (unpaired) electrons. The average molecular weight is 337 g/mol. The minimum Gasteiger partial charge on any atom is -0.340 e. The first-order valence-corrected chi connectivity index (χ1v) is 8.51. The molecule has 130 valence electrons. The summed E-state index contributed by atoms with van der Waals surface area (Å²) in [6.45, 7) is 3.20. The van der Waals surface area contributed by atoms with Crippen LogP contribution in [0.3, 0.4) is 0 Å². The second-order valence-electron chi connectivity index (χ2n) is 6.64. The zero-order chi connectivity index (χ0) is 17.8.